The Bertz CT molecular complexity index is 725. The number of benzene rings is 1. The lowest BCUT2D eigenvalue weighted by Crippen LogP contribution is -2.45. The predicted octanol–water partition coefficient (Wildman–Crippen LogP) is 4.39. The van der Waals surface area contributed by atoms with Crippen LogP contribution in [0.1, 0.15) is 33.3 Å². The molecule has 1 aromatic rings. The average molecular weight is 382 g/mol. The van der Waals surface area contributed by atoms with Crippen LogP contribution in [0.5, 0.6) is 0 Å². The van der Waals surface area contributed by atoms with Crippen LogP contribution in [-0.4, -0.2) is 29.4 Å². The molecule has 1 N–H and O–H groups in total. The molecule has 0 unspecified atom stereocenters. The van der Waals surface area contributed by atoms with Crippen LogP contribution in [0.4, 0.5) is 0 Å². The molecule has 0 radical (unpaired) electrons. The normalized spacial score (nSPS) is 13.9. The fraction of sp³-hybridized carbons (Fsp3) is 0.526. The second-order valence-corrected chi connectivity index (χ2v) is 14.3. The monoisotopic (exact) mass is 381 g/mol. The fourth-order valence-electron chi connectivity index (χ4n) is 1.83. The number of rotatable bonds is 7. The molecule has 0 aromatic heterocycles. The number of nitrogens with one attached hydrogen (secondary N) is 1. The van der Waals surface area contributed by atoms with Gasteiger partial charge in [0.1, 0.15) is 0 Å². The van der Waals surface area contributed by atoms with Crippen molar-refractivity contribution < 1.29 is 12.8 Å². The van der Waals surface area contributed by atoms with Crippen molar-refractivity contribution in [1.82, 2.24) is 4.72 Å². The SMILES string of the molecule is CC=C=C[C@H](CO[Si](C)(C)C(C)(C)C)NS(=O)(=O)c1ccc(C)cc1. The molecule has 0 saturated carbocycles. The molecule has 0 aliphatic heterocycles. The first-order valence-electron chi connectivity index (χ1n) is 8.49. The Balaban J connectivity index is 2.96. The van der Waals surface area contributed by atoms with E-state index in [0.717, 1.165) is 5.56 Å². The quantitative estimate of drug-likeness (QED) is 0.563. The summed E-state index contributed by atoms with van der Waals surface area (Å²) in [6.07, 6.45) is 3.46. The molecule has 0 saturated heterocycles. The van der Waals surface area contributed by atoms with Gasteiger partial charge >= 0.3 is 0 Å². The van der Waals surface area contributed by atoms with Gasteiger partial charge in [-0.15, -0.1) is 5.73 Å². The Hall–Kier alpha value is -1.17. The first kappa shape index (κ1) is 21.9. The number of sulfonamides is 1. The van der Waals surface area contributed by atoms with Crippen molar-refractivity contribution in [2.24, 2.45) is 0 Å². The van der Waals surface area contributed by atoms with E-state index in [-0.39, 0.29) is 9.93 Å². The molecule has 140 valence electrons. The van der Waals surface area contributed by atoms with Gasteiger partial charge in [0.2, 0.25) is 10.0 Å². The van der Waals surface area contributed by atoms with E-state index < -0.39 is 24.4 Å². The highest BCUT2D eigenvalue weighted by Crippen LogP contribution is 2.36. The van der Waals surface area contributed by atoms with Crippen LogP contribution >= 0.6 is 0 Å². The molecule has 0 aliphatic carbocycles. The van der Waals surface area contributed by atoms with E-state index in [9.17, 15) is 8.42 Å². The lowest BCUT2D eigenvalue weighted by atomic mass is 10.2. The van der Waals surface area contributed by atoms with Crippen molar-refractivity contribution >= 4 is 18.3 Å². The maximum Gasteiger partial charge on any atom is 0.241 e. The van der Waals surface area contributed by atoms with Gasteiger partial charge in [-0.2, -0.15) is 0 Å². The van der Waals surface area contributed by atoms with Gasteiger partial charge in [-0.05, 0) is 56.3 Å². The molecule has 0 heterocycles. The molecule has 0 bridgehead atoms. The molecule has 1 aromatic carbocycles. The van der Waals surface area contributed by atoms with E-state index in [1.165, 1.54) is 0 Å². The molecule has 0 fully saturated rings. The van der Waals surface area contributed by atoms with E-state index >= 15 is 0 Å². The summed E-state index contributed by atoms with van der Waals surface area (Å²) in [6.45, 7) is 14.8. The maximum atomic E-state index is 12.6. The Kier molecular flexibility index (Phi) is 7.41. The summed E-state index contributed by atoms with van der Waals surface area (Å²) in [5, 5.41) is 0.0672. The van der Waals surface area contributed by atoms with Crippen LogP contribution in [0.25, 0.3) is 0 Å². The van der Waals surface area contributed by atoms with Gasteiger partial charge in [0.15, 0.2) is 8.32 Å². The molecule has 6 heteroatoms. The molecule has 0 aliphatic rings. The van der Waals surface area contributed by atoms with E-state index in [4.69, 9.17) is 4.43 Å². The minimum Gasteiger partial charge on any atom is -0.415 e. The van der Waals surface area contributed by atoms with Gasteiger partial charge in [-0.25, -0.2) is 13.1 Å². The highest BCUT2D eigenvalue weighted by molar-refractivity contribution is 7.89. The zero-order chi connectivity index (χ0) is 19.3. The summed E-state index contributed by atoms with van der Waals surface area (Å²) >= 11 is 0. The van der Waals surface area contributed by atoms with Crippen LogP contribution in [-0.2, 0) is 14.4 Å². The van der Waals surface area contributed by atoms with Gasteiger partial charge in [0, 0.05) is 0 Å². The number of hydrogen-bond donors (Lipinski definition) is 1. The molecule has 25 heavy (non-hydrogen) atoms. The van der Waals surface area contributed by atoms with Crippen LogP contribution in [0.3, 0.4) is 0 Å². The minimum absolute atomic E-state index is 0.0672. The van der Waals surface area contributed by atoms with Crippen LogP contribution < -0.4 is 4.72 Å². The Morgan fingerprint density at radius 2 is 1.80 bits per heavy atom. The van der Waals surface area contributed by atoms with E-state index in [0.29, 0.717) is 6.61 Å². The van der Waals surface area contributed by atoms with Gasteiger partial charge in [-0.1, -0.05) is 38.5 Å². The van der Waals surface area contributed by atoms with Crippen LogP contribution in [0, 0.1) is 6.92 Å². The average Bonchev–Trinajstić information content (AvgIpc) is 2.49. The van der Waals surface area contributed by atoms with Gasteiger partial charge < -0.3 is 4.43 Å². The Labute approximate surface area is 154 Å². The maximum absolute atomic E-state index is 12.6. The molecule has 1 rings (SSSR count). The largest absolute Gasteiger partial charge is 0.415 e. The van der Waals surface area contributed by atoms with Crippen LogP contribution in [0.2, 0.25) is 18.1 Å². The van der Waals surface area contributed by atoms with Crippen molar-refractivity contribution in [3.63, 3.8) is 0 Å². The van der Waals surface area contributed by atoms with E-state index in [1.807, 2.05) is 13.8 Å². The summed E-state index contributed by atoms with van der Waals surface area (Å²) in [5.41, 5.74) is 3.98. The summed E-state index contributed by atoms with van der Waals surface area (Å²) in [4.78, 5) is 0.254. The van der Waals surface area contributed by atoms with E-state index in [1.54, 1.807) is 36.4 Å². The predicted molar refractivity (Wildman–Crippen MR) is 107 cm³/mol. The molecular weight excluding hydrogens is 350 g/mol. The standard InChI is InChI=1S/C19H31NO3SSi/c1-8-9-10-17(15-23-25(6,7)19(3,4)5)20-24(21,22)18-13-11-16(2)12-14-18/h8,10-14,17,20H,15H2,1-7H3/t9?,17-/m1/s1. The molecular formula is C19H31NO3SSi. The molecule has 0 amide bonds. The number of hydrogen-bond acceptors (Lipinski definition) is 3. The fourth-order valence-corrected chi connectivity index (χ4v) is 4.02. The summed E-state index contributed by atoms with van der Waals surface area (Å²) in [6, 6.07) is 6.34. The third kappa shape index (κ3) is 6.57. The van der Waals surface area contributed by atoms with Crippen molar-refractivity contribution in [2.45, 2.75) is 63.7 Å². The van der Waals surface area contributed by atoms with Crippen LogP contribution in [0.15, 0.2) is 47.0 Å². The van der Waals surface area contributed by atoms with Gasteiger partial charge in [0.25, 0.3) is 0 Å². The highest BCUT2D eigenvalue weighted by Gasteiger charge is 2.37. The van der Waals surface area contributed by atoms with Crippen molar-refractivity contribution in [2.75, 3.05) is 6.61 Å². The highest BCUT2D eigenvalue weighted by atomic mass is 32.2. The van der Waals surface area contributed by atoms with E-state index in [2.05, 4.69) is 44.3 Å². The van der Waals surface area contributed by atoms with Gasteiger partial charge in [-0.3, -0.25) is 0 Å². The van der Waals surface area contributed by atoms with Crippen molar-refractivity contribution in [1.29, 1.82) is 0 Å². The summed E-state index contributed by atoms with van der Waals surface area (Å²) < 4.78 is 34.2. The van der Waals surface area contributed by atoms with Crippen molar-refractivity contribution in [3.05, 3.63) is 47.7 Å². The second-order valence-electron chi connectivity index (χ2n) is 7.73. The lowest BCUT2D eigenvalue weighted by Gasteiger charge is -2.37. The summed E-state index contributed by atoms with van der Waals surface area (Å²) in [7, 11) is -5.57. The zero-order valence-electron chi connectivity index (χ0n) is 16.4. The van der Waals surface area contributed by atoms with Gasteiger partial charge in [0.05, 0.1) is 17.5 Å². The zero-order valence-corrected chi connectivity index (χ0v) is 18.2. The topological polar surface area (TPSA) is 55.4 Å². The number of aryl methyl sites for hydroxylation is 1. The first-order chi connectivity index (χ1) is 11.4. The molecule has 1 atom stereocenters. The molecule has 4 nitrogen and oxygen atoms in total. The minimum atomic E-state index is -3.61. The van der Waals surface area contributed by atoms with Crippen molar-refractivity contribution in [3.8, 4) is 0 Å². The molecule has 0 spiro atoms. The Morgan fingerprint density at radius 1 is 1.24 bits per heavy atom. The smallest absolute Gasteiger partial charge is 0.241 e. The third-order valence-electron chi connectivity index (χ3n) is 4.53. The summed E-state index contributed by atoms with van der Waals surface area (Å²) in [5.74, 6) is 0. The lowest BCUT2D eigenvalue weighted by molar-refractivity contribution is 0.272. The first-order valence-corrected chi connectivity index (χ1v) is 12.9. The Morgan fingerprint density at radius 3 is 2.28 bits per heavy atom. The third-order valence-corrected chi connectivity index (χ3v) is 10.5. The second kappa shape index (κ2) is 8.47.